The first-order valence-corrected chi connectivity index (χ1v) is 17.1. The number of ether oxygens (including phenoxy) is 4. The van der Waals surface area contributed by atoms with Crippen molar-refractivity contribution in [3.63, 3.8) is 0 Å². The predicted octanol–water partition coefficient (Wildman–Crippen LogP) is 6.21. The smallest absolute Gasteiger partial charge is 0.253 e. The van der Waals surface area contributed by atoms with Crippen LogP contribution in [-0.4, -0.2) is 106 Å². The Morgan fingerprint density at radius 3 is 2.35 bits per heavy atom. The number of carbonyl (C=O) groups excluding carboxylic acids is 1. The van der Waals surface area contributed by atoms with Gasteiger partial charge in [0.15, 0.2) is 11.5 Å². The van der Waals surface area contributed by atoms with E-state index in [4.69, 9.17) is 35.5 Å². The summed E-state index contributed by atoms with van der Waals surface area (Å²) in [6.45, 7) is 9.39. The Morgan fingerprint density at radius 2 is 1.67 bits per heavy atom. The summed E-state index contributed by atoms with van der Waals surface area (Å²) in [7, 11) is 6.49. The van der Waals surface area contributed by atoms with Crippen molar-refractivity contribution in [1.29, 1.82) is 0 Å². The lowest BCUT2D eigenvalue weighted by atomic mass is 9.94. The molecule has 3 aromatic carbocycles. The van der Waals surface area contributed by atoms with E-state index >= 15 is 0 Å². The summed E-state index contributed by atoms with van der Waals surface area (Å²) in [5.41, 5.74) is 3.79. The van der Waals surface area contributed by atoms with Crippen LogP contribution in [0.15, 0.2) is 60.7 Å². The van der Waals surface area contributed by atoms with Crippen molar-refractivity contribution in [1.82, 2.24) is 19.4 Å². The Morgan fingerprint density at radius 1 is 0.938 bits per heavy atom. The molecule has 0 spiro atoms. The van der Waals surface area contributed by atoms with Crippen molar-refractivity contribution in [2.75, 3.05) is 85.8 Å². The van der Waals surface area contributed by atoms with Crippen LogP contribution in [0.2, 0.25) is 5.02 Å². The summed E-state index contributed by atoms with van der Waals surface area (Å²) in [4.78, 5) is 25.5. The number of hydrogen-bond donors (Lipinski definition) is 0. The van der Waals surface area contributed by atoms with Crippen LogP contribution in [0.25, 0.3) is 11.0 Å². The molecule has 0 radical (unpaired) electrons. The number of hydrogen-bond acceptors (Lipinski definition) is 8. The molecule has 1 fully saturated rings. The van der Waals surface area contributed by atoms with Crippen LogP contribution in [0.3, 0.4) is 0 Å². The van der Waals surface area contributed by atoms with Crippen LogP contribution < -0.4 is 19.1 Å². The number of rotatable bonds is 15. The molecule has 0 aliphatic carbocycles. The van der Waals surface area contributed by atoms with Gasteiger partial charge in [-0.05, 0) is 74.8 Å². The molecule has 10 nitrogen and oxygen atoms in total. The summed E-state index contributed by atoms with van der Waals surface area (Å²) in [5, 5.41) is 0.694. The van der Waals surface area contributed by atoms with Gasteiger partial charge in [0.2, 0.25) is 11.7 Å². The van der Waals surface area contributed by atoms with Gasteiger partial charge in [0.1, 0.15) is 0 Å². The van der Waals surface area contributed by atoms with Gasteiger partial charge in [-0.25, -0.2) is 4.98 Å². The highest BCUT2D eigenvalue weighted by Crippen LogP contribution is 2.38. The number of imidazole rings is 1. The van der Waals surface area contributed by atoms with Crippen LogP contribution in [0.4, 0.5) is 5.95 Å². The second-order valence-corrected chi connectivity index (χ2v) is 12.5. The lowest BCUT2D eigenvalue weighted by Crippen LogP contribution is -2.35. The maximum Gasteiger partial charge on any atom is 0.253 e. The minimum atomic E-state index is -0.120. The molecule has 0 bridgehead atoms. The minimum Gasteiger partial charge on any atom is -0.493 e. The van der Waals surface area contributed by atoms with Crippen LogP contribution in [0, 0.1) is 0 Å². The summed E-state index contributed by atoms with van der Waals surface area (Å²) in [6.07, 6.45) is 1.93. The second-order valence-electron chi connectivity index (χ2n) is 12.1. The molecule has 2 heterocycles. The van der Waals surface area contributed by atoms with Gasteiger partial charge in [0.25, 0.3) is 5.91 Å². The summed E-state index contributed by atoms with van der Waals surface area (Å²) >= 11 is 6.26. The molecule has 258 valence electrons. The highest BCUT2D eigenvalue weighted by atomic mass is 35.5. The summed E-state index contributed by atoms with van der Waals surface area (Å²) in [5.74, 6) is 2.36. The highest BCUT2D eigenvalue weighted by molar-refractivity contribution is 6.30. The number of likely N-dealkylation sites (N-methyl/N-ethyl adjacent to an activating group) is 1. The molecule has 1 atom stereocenters. The zero-order valence-electron chi connectivity index (χ0n) is 28.8. The Hall–Kier alpha value is -3.99. The first kappa shape index (κ1) is 35.3. The SMILES string of the molecule is CCOCCn1c(N2CCCN(CCC(CN(C)C(=O)c3cc(OC)c(OC)c(OC)c3)c3ccc(Cl)cc3)CC2)nc2ccccc21. The van der Waals surface area contributed by atoms with Crippen molar-refractivity contribution in [3.05, 3.63) is 76.8 Å². The Labute approximate surface area is 289 Å². The molecule has 1 aromatic heterocycles. The number of amides is 1. The van der Waals surface area contributed by atoms with E-state index in [1.807, 2.05) is 32.2 Å². The second kappa shape index (κ2) is 16.9. The number of aromatic nitrogens is 2. The Balaban J connectivity index is 1.28. The molecule has 11 heteroatoms. The zero-order valence-corrected chi connectivity index (χ0v) is 29.5. The highest BCUT2D eigenvalue weighted by Gasteiger charge is 2.25. The van der Waals surface area contributed by atoms with E-state index in [0.717, 1.165) is 74.7 Å². The zero-order chi connectivity index (χ0) is 34.0. The van der Waals surface area contributed by atoms with E-state index in [1.165, 1.54) is 0 Å². The quantitative estimate of drug-likeness (QED) is 0.138. The van der Waals surface area contributed by atoms with Crippen LogP contribution in [-0.2, 0) is 11.3 Å². The number of para-hydroxylation sites is 2. The average Bonchev–Trinajstić information content (AvgIpc) is 3.31. The van der Waals surface area contributed by atoms with Crippen molar-refractivity contribution < 1.29 is 23.7 Å². The van der Waals surface area contributed by atoms with Crippen molar-refractivity contribution >= 4 is 34.5 Å². The van der Waals surface area contributed by atoms with E-state index in [0.29, 0.717) is 47.6 Å². The monoisotopic (exact) mass is 677 g/mol. The van der Waals surface area contributed by atoms with Crippen molar-refractivity contribution in [2.45, 2.75) is 32.2 Å². The molecule has 1 amide bonds. The number of benzene rings is 3. The van der Waals surface area contributed by atoms with E-state index in [1.54, 1.807) is 38.4 Å². The maximum absolute atomic E-state index is 13.7. The summed E-state index contributed by atoms with van der Waals surface area (Å²) < 4.78 is 24.5. The molecule has 48 heavy (non-hydrogen) atoms. The average molecular weight is 678 g/mol. The predicted molar refractivity (Wildman–Crippen MR) is 191 cm³/mol. The third-order valence-corrected chi connectivity index (χ3v) is 9.31. The first-order valence-electron chi connectivity index (χ1n) is 16.7. The molecule has 1 aliphatic rings. The number of methoxy groups -OCH3 is 3. The molecule has 5 rings (SSSR count). The van der Waals surface area contributed by atoms with E-state index in [2.05, 4.69) is 44.7 Å². The molecule has 0 N–H and O–H groups in total. The van der Waals surface area contributed by atoms with Gasteiger partial charge in [-0.1, -0.05) is 35.9 Å². The van der Waals surface area contributed by atoms with Gasteiger partial charge in [-0.2, -0.15) is 0 Å². The minimum absolute atomic E-state index is 0.111. The largest absolute Gasteiger partial charge is 0.493 e. The normalized spacial score (nSPS) is 14.5. The van der Waals surface area contributed by atoms with Gasteiger partial charge in [0.05, 0.1) is 39.0 Å². The van der Waals surface area contributed by atoms with Gasteiger partial charge >= 0.3 is 0 Å². The van der Waals surface area contributed by atoms with E-state index in [-0.39, 0.29) is 11.8 Å². The number of anilines is 1. The van der Waals surface area contributed by atoms with Crippen LogP contribution in [0.1, 0.15) is 41.6 Å². The van der Waals surface area contributed by atoms with Gasteiger partial charge in [-0.3, -0.25) is 4.79 Å². The van der Waals surface area contributed by atoms with Gasteiger partial charge < -0.3 is 38.2 Å². The number of halogens is 1. The molecular weight excluding hydrogens is 630 g/mol. The molecule has 1 aliphatic heterocycles. The maximum atomic E-state index is 13.7. The van der Waals surface area contributed by atoms with Crippen LogP contribution in [0.5, 0.6) is 17.2 Å². The van der Waals surface area contributed by atoms with Gasteiger partial charge in [-0.15, -0.1) is 0 Å². The standard InChI is InChI=1S/C37H48ClN5O5/c1-6-48-23-22-43-32-11-8-7-10-31(32)39-37(43)42-18-9-17-41(20-21-42)19-16-28(27-12-14-30(38)15-13-27)26-40(2)36(44)29-24-33(45-3)35(47-5)34(25-29)46-4/h7-8,10-15,24-25,28H,6,9,16-23,26H2,1-5H3. The lowest BCUT2D eigenvalue weighted by Gasteiger charge is -2.28. The summed E-state index contributed by atoms with van der Waals surface area (Å²) in [6, 6.07) is 19.7. The van der Waals surface area contributed by atoms with Gasteiger partial charge in [0, 0.05) is 62.9 Å². The molecular formula is C37H48ClN5O5. The fourth-order valence-corrected chi connectivity index (χ4v) is 6.62. The molecule has 0 saturated carbocycles. The molecule has 1 unspecified atom stereocenters. The number of carbonyl (C=O) groups is 1. The third-order valence-electron chi connectivity index (χ3n) is 9.06. The molecule has 4 aromatic rings. The first-order chi connectivity index (χ1) is 23.4. The Bertz CT molecular complexity index is 1620. The number of fused-ring (bicyclic) bond motifs is 1. The Kier molecular flexibility index (Phi) is 12.4. The topological polar surface area (TPSA) is 81.5 Å². The third kappa shape index (κ3) is 8.35. The number of nitrogens with zero attached hydrogens (tertiary/aromatic N) is 5. The molecule has 1 saturated heterocycles. The van der Waals surface area contributed by atoms with E-state index in [9.17, 15) is 4.79 Å². The fraction of sp³-hybridized carbons (Fsp3) is 0.459. The fourth-order valence-electron chi connectivity index (χ4n) is 6.49. The van der Waals surface area contributed by atoms with E-state index < -0.39 is 0 Å². The lowest BCUT2D eigenvalue weighted by molar-refractivity contribution is 0.0782. The van der Waals surface area contributed by atoms with Crippen LogP contribution >= 0.6 is 11.6 Å². The van der Waals surface area contributed by atoms with Crippen molar-refractivity contribution in [3.8, 4) is 17.2 Å². The van der Waals surface area contributed by atoms with Crippen molar-refractivity contribution in [2.24, 2.45) is 0 Å².